The number of thiazole rings is 1. The number of rotatable bonds is 4. The van der Waals surface area contributed by atoms with Crippen molar-refractivity contribution in [2.75, 3.05) is 7.11 Å². The van der Waals surface area contributed by atoms with E-state index in [1.54, 1.807) is 7.11 Å². The van der Waals surface area contributed by atoms with E-state index >= 15 is 0 Å². The summed E-state index contributed by atoms with van der Waals surface area (Å²) in [6, 6.07) is 11.6. The summed E-state index contributed by atoms with van der Waals surface area (Å²) in [5.41, 5.74) is 1.85. The molecule has 0 aliphatic heterocycles. The molecule has 0 radical (unpaired) electrons. The van der Waals surface area contributed by atoms with Crippen LogP contribution in [0, 0.1) is 5.82 Å². The molecule has 5 nitrogen and oxygen atoms in total. The van der Waals surface area contributed by atoms with Crippen molar-refractivity contribution in [1.82, 2.24) is 14.5 Å². The number of aromatic nitrogens is 3. The first-order chi connectivity index (χ1) is 12.6. The fraction of sp³-hybridized carbons (Fsp3) is 0.105. The number of benzene rings is 2. The molecular formula is C19H14FN3O2S. The predicted octanol–water partition coefficient (Wildman–Crippen LogP) is 3.72. The van der Waals surface area contributed by atoms with Gasteiger partial charge in [0.05, 0.1) is 36.6 Å². The zero-order chi connectivity index (χ0) is 18.1. The molecule has 2 aromatic heterocycles. The van der Waals surface area contributed by atoms with Crippen LogP contribution < -0.4 is 10.3 Å². The van der Waals surface area contributed by atoms with Crippen molar-refractivity contribution in [1.29, 1.82) is 0 Å². The highest BCUT2D eigenvalue weighted by atomic mass is 32.1. The topological polar surface area (TPSA) is 57.0 Å². The number of fused-ring (bicyclic) bond motifs is 1. The van der Waals surface area contributed by atoms with Gasteiger partial charge in [-0.2, -0.15) is 0 Å². The Morgan fingerprint density at radius 3 is 2.96 bits per heavy atom. The van der Waals surface area contributed by atoms with E-state index in [0.29, 0.717) is 17.4 Å². The third-order valence-corrected chi connectivity index (χ3v) is 4.93. The van der Waals surface area contributed by atoms with Crippen LogP contribution in [0.25, 0.3) is 21.5 Å². The molecule has 0 N–H and O–H groups in total. The summed E-state index contributed by atoms with van der Waals surface area (Å²) in [6.07, 6.45) is 1.43. The molecule has 0 spiro atoms. The maximum absolute atomic E-state index is 13.3. The Morgan fingerprint density at radius 2 is 2.12 bits per heavy atom. The van der Waals surface area contributed by atoms with Gasteiger partial charge in [0, 0.05) is 17.0 Å². The molecule has 4 rings (SSSR count). The Bertz CT molecular complexity index is 1150. The van der Waals surface area contributed by atoms with Gasteiger partial charge in [-0.1, -0.05) is 12.1 Å². The van der Waals surface area contributed by atoms with Gasteiger partial charge in [0.15, 0.2) is 0 Å². The normalized spacial score (nSPS) is 11.0. The van der Waals surface area contributed by atoms with E-state index in [0.717, 1.165) is 22.0 Å². The summed E-state index contributed by atoms with van der Waals surface area (Å²) >= 11 is 1.50. The minimum absolute atomic E-state index is 0.217. The highest BCUT2D eigenvalue weighted by molar-refractivity contribution is 7.13. The van der Waals surface area contributed by atoms with Crippen LogP contribution in [0.15, 0.2) is 59.0 Å². The number of ether oxygens (including phenoxy) is 1. The Morgan fingerprint density at radius 1 is 1.23 bits per heavy atom. The lowest BCUT2D eigenvalue weighted by Gasteiger charge is -2.05. The van der Waals surface area contributed by atoms with Crippen LogP contribution in [0.3, 0.4) is 0 Å². The second-order valence-corrected chi connectivity index (χ2v) is 6.57. The Hall–Kier alpha value is -3.06. The van der Waals surface area contributed by atoms with Crippen molar-refractivity contribution in [3.63, 3.8) is 0 Å². The predicted molar refractivity (Wildman–Crippen MR) is 99.2 cm³/mol. The van der Waals surface area contributed by atoms with E-state index in [4.69, 9.17) is 4.74 Å². The molecule has 4 aromatic rings. The summed E-state index contributed by atoms with van der Waals surface area (Å²) in [6.45, 7) is 0.305. The van der Waals surface area contributed by atoms with Crippen LogP contribution in [0.1, 0.15) is 5.69 Å². The van der Waals surface area contributed by atoms with Crippen molar-refractivity contribution >= 4 is 22.2 Å². The lowest BCUT2D eigenvalue weighted by molar-refractivity contribution is 0.415. The minimum atomic E-state index is -0.412. The Balaban J connectivity index is 1.65. The largest absolute Gasteiger partial charge is 0.497 e. The zero-order valence-corrected chi connectivity index (χ0v) is 14.7. The quantitative estimate of drug-likeness (QED) is 0.552. The van der Waals surface area contributed by atoms with E-state index < -0.39 is 5.82 Å². The molecule has 130 valence electrons. The van der Waals surface area contributed by atoms with Crippen molar-refractivity contribution in [3.05, 3.63) is 76.0 Å². The molecule has 0 fully saturated rings. The summed E-state index contributed by atoms with van der Waals surface area (Å²) < 4.78 is 20.0. The van der Waals surface area contributed by atoms with Gasteiger partial charge in [-0.15, -0.1) is 11.3 Å². The SMILES string of the molecule is COc1cccc(-c2nc(Cn3cnc4cc(F)ccc4c3=O)cs2)c1. The Labute approximate surface area is 152 Å². The first-order valence-electron chi connectivity index (χ1n) is 7.87. The second-order valence-electron chi connectivity index (χ2n) is 5.72. The standard InChI is InChI=1S/C19H14FN3O2S/c1-25-15-4-2-3-12(7-15)18-22-14(10-26-18)9-23-11-21-17-8-13(20)5-6-16(17)19(23)24/h2-8,10-11H,9H2,1H3. The summed E-state index contributed by atoms with van der Waals surface area (Å²) in [5.74, 6) is 0.353. The molecule has 0 atom stereocenters. The van der Waals surface area contributed by atoms with Gasteiger partial charge < -0.3 is 4.74 Å². The molecule has 0 bridgehead atoms. The molecule has 2 aromatic carbocycles. The molecule has 0 aliphatic carbocycles. The van der Waals surface area contributed by atoms with Gasteiger partial charge >= 0.3 is 0 Å². The molecule has 0 saturated carbocycles. The van der Waals surface area contributed by atoms with E-state index in [1.807, 2.05) is 29.6 Å². The fourth-order valence-electron chi connectivity index (χ4n) is 2.69. The van der Waals surface area contributed by atoms with E-state index in [-0.39, 0.29) is 5.56 Å². The molecular weight excluding hydrogens is 353 g/mol. The second kappa shape index (κ2) is 6.68. The third-order valence-electron chi connectivity index (χ3n) is 3.99. The van der Waals surface area contributed by atoms with Crippen LogP contribution in [0.2, 0.25) is 0 Å². The summed E-state index contributed by atoms with van der Waals surface area (Å²) in [4.78, 5) is 21.3. The van der Waals surface area contributed by atoms with Gasteiger partial charge in [-0.3, -0.25) is 9.36 Å². The molecule has 2 heterocycles. The van der Waals surface area contributed by atoms with Gasteiger partial charge in [-0.05, 0) is 24.3 Å². The number of hydrogen-bond donors (Lipinski definition) is 0. The average Bonchev–Trinajstić information content (AvgIpc) is 3.13. The van der Waals surface area contributed by atoms with Crippen LogP contribution in [-0.4, -0.2) is 21.6 Å². The van der Waals surface area contributed by atoms with Crippen LogP contribution in [-0.2, 0) is 6.54 Å². The lowest BCUT2D eigenvalue weighted by Crippen LogP contribution is -2.21. The van der Waals surface area contributed by atoms with Crippen molar-refractivity contribution in [3.8, 4) is 16.3 Å². The maximum atomic E-state index is 13.3. The number of methoxy groups -OCH3 is 1. The van der Waals surface area contributed by atoms with Crippen molar-refractivity contribution in [2.24, 2.45) is 0 Å². The smallest absolute Gasteiger partial charge is 0.261 e. The number of nitrogens with zero attached hydrogens (tertiary/aromatic N) is 3. The first-order valence-corrected chi connectivity index (χ1v) is 8.75. The molecule has 26 heavy (non-hydrogen) atoms. The molecule has 0 aliphatic rings. The van der Waals surface area contributed by atoms with Gasteiger partial charge in [-0.25, -0.2) is 14.4 Å². The number of halogens is 1. The van der Waals surface area contributed by atoms with Gasteiger partial charge in [0.2, 0.25) is 0 Å². The fourth-order valence-corrected chi connectivity index (χ4v) is 3.49. The van der Waals surface area contributed by atoms with Crippen molar-refractivity contribution < 1.29 is 9.13 Å². The molecule has 0 saturated heterocycles. The first kappa shape index (κ1) is 16.4. The van der Waals surface area contributed by atoms with E-state index in [1.165, 1.54) is 40.4 Å². The maximum Gasteiger partial charge on any atom is 0.261 e. The average molecular weight is 367 g/mol. The minimum Gasteiger partial charge on any atom is -0.497 e. The highest BCUT2D eigenvalue weighted by Crippen LogP contribution is 2.27. The molecule has 7 heteroatoms. The van der Waals surface area contributed by atoms with Crippen LogP contribution in [0.5, 0.6) is 5.75 Å². The number of hydrogen-bond acceptors (Lipinski definition) is 5. The van der Waals surface area contributed by atoms with Crippen LogP contribution in [0.4, 0.5) is 4.39 Å². The summed E-state index contributed by atoms with van der Waals surface area (Å²) in [7, 11) is 1.62. The monoisotopic (exact) mass is 367 g/mol. The zero-order valence-electron chi connectivity index (χ0n) is 13.8. The van der Waals surface area contributed by atoms with Gasteiger partial charge in [0.1, 0.15) is 16.6 Å². The molecule has 0 unspecified atom stereocenters. The van der Waals surface area contributed by atoms with Crippen molar-refractivity contribution in [2.45, 2.75) is 6.54 Å². The third kappa shape index (κ3) is 3.09. The Kier molecular flexibility index (Phi) is 4.22. The van der Waals surface area contributed by atoms with E-state index in [9.17, 15) is 9.18 Å². The molecule has 0 amide bonds. The highest BCUT2D eigenvalue weighted by Gasteiger charge is 2.09. The lowest BCUT2D eigenvalue weighted by atomic mass is 10.2. The van der Waals surface area contributed by atoms with E-state index in [2.05, 4.69) is 9.97 Å². The summed E-state index contributed by atoms with van der Waals surface area (Å²) in [5, 5.41) is 3.15. The van der Waals surface area contributed by atoms with Crippen LogP contribution >= 0.6 is 11.3 Å². The van der Waals surface area contributed by atoms with Gasteiger partial charge in [0.25, 0.3) is 5.56 Å².